The van der Waals surface area contributed by atoms with Crippen molar-refractivity contribution in [2.24, 2.45) is 11.7 Å². The number of aliphatic hydroxyl groups is 1. The number of hydrogen-bond acceptors (Lipinski definition) is 4. The van der Waals surface area contributed by atoms with E-state index in [4.69, 9.17) is 5.73 Å². The van der Waals surface area contributed by atoms with Crippen LogP contribution in [0.3, 0.4) is 0 Å². The van der Waals surface area contributed by atoms with E-state index >= 15 is 0 Å². The molecule has 1 aromatic heterocycles. The van der Waals surface area contributed by atoms with Gasteiger partial charge in [0.2, 0.25) is 5.91 Å². The number of hydrogen-bond donors (Lipinski definition) is 3. The maximum absolute atomic E-state index is 12.9. The summed E-state index contributed by atoms with van der Waals surface area (Å²) in [6, 6.07) is 13.9. The molecule has 6 nitrogen and oxygen atoms in total. The lowest BCUT2D eigenvalue weighted by Crippen LogP contribution is -2.29. The van der Waals surface area contributed by atoms with Gasteiger partial charge in [0.25, 0.3) is 5.91 Å². The Balaban J connectivity index is 1.63. The molecular formula is C26H29N3O3. The number of para-hydroxylation sites is 1. The molecule has 0 saturated heterocycles. The monoisotopic (exact) mass is 431 g/mol. The second-order valence-corrected chi connectivity index (χ2v) is 9.36. The maximum Gasteiger partial charge on any atom is 0.250 e. The number of carbonyl (C=O) groups excluding carboxylic acids is 2. The minimum absolute atomic E-state index is 0.133. The third kappa shape index (κ3) is 3.58. The molecule has 1 atom stereocenters. The Morgan fingerprint density at radius 3 is 2.59 bits per heavy atom. The second kappa shape index (κ2) is 8.10. The van der Waals surface area contributed by atoms with Crippen LogP contribution in [-0.2, 0) is 6.42 Å². The molecule has 1 saturated carbocycles. The fourth-order valence-electron chi connectivity index (χ4n) is 5.36. The summed E-state index contributed by atoms with van der Waals surface area (Å²) in [6.07, 6.45) is 4.33. The van der Waals surface area contributed by atoms with Gasteiger partial charge in [-0.05, 0) is 61.8 Å². The van der Waals surface area contributed by atoms with Gasteiger partial charge in [-0.1, -0.05) is 31.2 Å². The second-order valence-electron chi connectivity index (χ2n) is 9.36. The lowest BCUT2D eigenvalue weighted by Gasteiger charge is -2.28. The number of fused-ring (bicyclic) bond motifs is 3. The van der Waals surface area contributed by atoms with Crippen LogP contribution in [0.15, 0.2) is 42.5 Å². The van der Waals surface area contributed by atoms with Crippen molar-refractivity contribution in [3.8, 4) is 11.1 Å². The standard InChI is InChI=1S/C26H29N3O3/c1-15-12-23-25(20-4-2-3-5-22(20)29(23)24(31)13-15)16-6-11-19(26(27)32)21(14-16)28-17-7-9-18(30)10-8-17/h2-6,11,14-15,17-18,28,30H,7-10,12-13H2,1H3,(H2,27,32)/t15-,17-,18-/m1/s1. The van der Waals surface area contributed by atoms with Crippen LogP contribution < -0.4 is 11.1 Å². The van der Waals surface area contributed by atoms with E-state index in [2.05, 4.69) is 18.3 Å². The molecule has 0 unspecified atom stereocenters. The summed E-state index contributed by atoms with van der Waals surface area (Å²) in [4.78, 5) is 25.1. The fraction of sp³-hybridized carbons (Fsp3) is 0.385. The molecule has 2 aromatic carbocycles. The lowest BCUT2D eigenvalue weighted by atomic mass is 9.91. The molecule has 32 heavy (non-hydrogen) atoms. The molecule has 0 radical (unpaired) electrons. The van der Waals surface area contributed by atoms with Gasteiger partial charge in [-0.15, -0.1) is 0 Å². The average Bonchev–Trinajstić information content (AvgIpc) is 3.09. The maximum atomic E-state index is 12.9. The summed E-state index contributed by atoms with van der Waals surface area (Å²) in [5.41, 5.74) is 10.9. The van der Waals surface area contributed by atoms with Gasteiger partial charge in [0.05, 0.1) is 17.2 Å². The molecule has 4 N–H and O–H groups in total. The molecular weight excluding hydrogens is 402 g/mol. The predicted octanol–water partition coefficient (Wildman–Crippen LogP) is 4.35. The number of amides is 1. The fourth-order valence-corrected chi connectivity index (χ4v) is 5.36. The van der Waals surface area contributed by atoms with Crippen molar-refractivity contribution in [2.75, 3.05) is 5.32 Å². The summed E-state index contributed by atoms with van der Waals surface area (Å²) < 4.78 is 1.88. The Bertz CT molecular complexity index is 1200. The zero-order valence-corrected chi connectivity index (χ0v) is 18.3. The van der Waals surface area contributed by atoms with E-state index in [0.717, 1.165) is 65.5 Å². The largest absolute Gasteiger partial charge is 0.393 e. The summed E-state index contributed by atoms with van der Waals surface area (Å²) in [5, 5.41) is 14.4. The molecule has 3 aromatic rings. The van der Waals surface area contributed by atoms with Crippen LogP contribution in [0.25, 0.3) is 22.0 Å². The Kier molecular flexibility index (Phi) is 5.25. The van der Waals surface area contributed by atoms with E-state index in [-0.39, 0.29) is 24.0 Å². The van der Waals surface area contributed by atoms with E-state index in [9.17, 15) is 14.7 Å². The molecule has 0 bridgehead atoms. The number of aliphatic hydroxyl groups excluding tert-OH is 1. The first-order valence-electron chi connectivity index (χ1n) is 11.5. The van der Waals surface area contributed by atoms with Gasteiger partial charge in [-0.25, -0.2) is 0 Å². The molecule has 2 aliphatic rings. The highest BCUT2D eigenvalue weighted by Crippen LogP contribution is 2.40. The van der Waals surface area contributed by atoms with Crippen molar-refractivity contribution in [3.05, 3.63) is 53.7 Å². The van der Waals surface area contributed by atoms with Crippen LogP contribution in [-0.4, -0.2) is 33.6 Å². The van der Waals surface area contributed by atoms with Gasteiger partial charge in [0.15, 0.2) is 0 Å². The quantitative estimate of drug-likeness (QED) is 0.572. The minimum atomic E-state index is -0.470. The van der Waals surface area contributed by atoms with Crippen molar-refractivity contribution in [2.45, 2.75) is 57.6 Å². The molecule has 1 fully saturated rings. The van der Waals surface area contributed by atoms with Gasteiger partial charge in [0, 0.05) is 34.8 Å². The predicted molar refractivity (Wildman–Crippen MR) is 126 cm³/mol. The van der Waals surface area contributed by atoms with Crippen LogP contribution in [0.5, 0.6) is 0 Å². The summed E-state index contributed by atoms with van der Waals surface area (Å²) in [6.45, 7) is 2.11. The normalized spacial score (nSPS) is 23.2. The molecule has 1 amide bonds. The molecule has 1 aliphatic carbocycles. The van der Waals surface area contributed by atoms with Crippen LogP contribution in [0.1, 0.15) is 59.9 Å². The van der Waals surface area contributed by atoms with Crippen LogP contribution in [0.2, 0.25) is 0 Å². The highest BCUT2D eigenvalue weighted by atomic mass is 16.3. The first-order chi connectivity index (χ1) is 15.4. The highest BCUT2D eigenvalue weighted by Gasteiger charge is 2.29. The average molecular weight is 432 g/mol. The van der Waals surface area contributed by atoms with Gasteiger partial charge in [-0.2, -0.15) is 0 Å². The Labute approximate surface area is 187 Å². The van der Waals surface area contributed by atoms with E-state index in [0.29, 0.717) is 12.0 Å². The van der Waals surface area contributed by atoms with Crippen molar-refractivity contribution in [3.63, 3.8) is 0 Å². The van der Waals surface area contributed by atoms with Gasteiger partial charge in [0.1, 0.15) is 0 Å². The highest BCUT2D eigenvalue weighted by molar-refractivity contribution is 6.06. The number of aromatic nitrogens is 1. The minimum Gasteiger partial charge on any atom is -0.393 e. The number of rotatable bonds is 4. The zero-order chi connectivity index (χ0) is 22.4. The summed E-state index contributed by atoms with van der Waals surface area (Å²) >= 11 is 0. The van der Waals surface area contributed by atoms with Crippen LogP contribution in [0.4, 0.5) is 5.69 Å². The topological polar surface area (TPSA) is 97.4 Å². The van der Waals surface area contributed by atoms with Crippen LogP contribution in [0, 0.1) is 5.92 Å². The summed E-state index contributed by atoms with van der Waals surface area (Å²) in [7, 11) is 0. The van der Waals surface area contributed by atoms with E-state index < -0.39 is 5.91 Å². The van der Waals surface area contributed by atoms with E-state index in [1.807, 2.05) is 34.9 Å². The molecule has 166 valence electrons. The molecule has 1 aliphatic heterocycles. The van der Waals surface area contributed by atoms with Crippen molar-refractivity contribution >= 4 is 28.4 Å². The third-order valence-corrected chi connectivity index (χ3v) is 6.92. The Morgan fingerprint density at radius 2 is 1.84 bits per heavy atom. The van der Waals surface area contributed by atoms with Gasteiger partial charge < -0.3 is 16.2 Å². The number of nitrogens with zero attached hydrogens (tertiary/aromatic N) is 1. The number of anilines is 1. The van der Waals surface area contributed by atoms with Crippen LogP contribution >= 0.6 is 0 Å². The third-order valence-electron chi connectivity index (χ3n) is 6.92. The zero-order valence-electron chi connectivity index (χ0n) is 18.3. The number of benzene rings is 2. The molecule has 0 spiro atoms. The van der Waals surface area contributed by atoms with E-state index in [1.54, 1.807) is 6.07 Å². The van der Waals surface area contributed by atoms with Crippen molar-refractivity contribution in [1.82, 2.24) is 4.57 Å². The smallest absolute Gasteiger partial charge is 0.250 e. The Morgan fingerprint density at radius 1 is 1.09 bits per heavy atom. The Hall–Kier alpha value is -3.12. The van der Waals surface area contributed by atoms with Gasteiger partial charge in [-0.3, -0.25) is 14.2 Å². The molecule has 6 heteroatoms. The molecule has 5 rings (SSSR count). The molecule has 2 heterocycles. The lowest BCUT2D eigenvalue weighted by molar-refractivity contribution is 0.0866. The van der Waals surface area contributed by atoms with Crippen molar-refractivity contribution < 1.29 is 14.7 Å². The number of carbonyl (C=O) groups is 2. The van der Waals surface area contributed by atoms with Crippen molar-refractivity contribution in [1.29, 1.82) is 0 Å². The van der Waals surface area contributed by atoms with E-state index in [1.165, 1.54) is 0 Å². The SMILES string of the molecule is C[C@H]1CC(=O)n2c(c(-c3ccc(C(N)=O)c(N[C@H]4CC[C@H](O)CC4)c3)c3ccccc32)C1. The number of nitrogens with one attached hydrogen (secondary N) is 1. The summed E-state index contributed by atoms with van der Waals surface area (Å²) in [5.74, 6) is -0.0502. The first-order valence-corrected chi connectivity index (χ1v) is 11.5. The number of primary amides is 1. The number of nitrogens with two attached hydrogens (primary N) is 1. The van der Waals surface area contributed by atoms with Gasteiger partial charge >= 0.3 is 0 Å². The first kappa shape index (κ1) is 20.8.